The van der Waals surface area contributed by atoms with Crippen LogP contribution in [0.25, 0.3) is 0 Å². The van der Waals surface area contributed by atoms with Crippen molar-refractivity contribution in [2.45, 2.75) is 6.92 Å². The molecule has 1 aromatic rings. The fraction of sp³-hybridized carbons (Fsp3) is 0.385. The maximum absolute atomic E-state index is 12.2. The topological polar surface area (TPSA) is 61.4 Å². The van der Waals surface area contributed by atoms with Crippen molar-refractivity contribution in [1.29, 1.82) is 0 Å². The second kappa shape index (κ2) is 6.64. The highest BCUT2D eigenvalue weighted by atomic mass is 16.2. The van der Waals surface area contributed by atoms with Crippen molar-refractivity contribution in [3.8, 4) is 0 Å². The van der Waals surface area contributed by atoms with E-state index in [9.17, 15) is 9.59 Å². The molecule has 1 rings (SSSR count). The average Bonchev–Trinajstić information content (AvgIpc) is 2.38. The molecule has 0 aromatic heterocycles. The van der Waals surface area contributed by atoms with Crippen molar-refractivity contribution >= 4 is 17.5 Å². The highest BCUT2D eigenvalue weighted by molar-refractivity contribution is 6.00. The summed E-state index contributed by atoms with van der Waals surface area (Å²) in [7, 11) is 3.16. The molecule has 0 fully saturated rings. The number of carbonyl (C=O) groups is 2. The number of para-hydroxylation sites is 1. The van der Waals surface area contributed by atoms with E-state index in [0.29, 0.717) is 5.56 Å². The zero-order valence-corrected chi connectivity index (χ0v) is 11.0. The SMILES string of the molecule is CCNc1ccccc1C(=O)N(C)CC(=O)NC. The van der Waals surface area contributed by atoms with E-state index in [0.717, 1.165) is 12.2 Å². The average molecular weight is 249 g/mol. The molecule has 0 atom stereocenters. The van der Waals surface area contributed by atoms with Gasteiger partial charge in [0.2, 0.25) is 5.91 Å². The molecule has 1 aromatic carbocycles. The van der Waals surface area contributed by atoms with Crippen molar-refractivity contribution < 1.29 is 9.59 Å². The Morgan fingerprint density at radius 1 is 1.28 bits per heavy atom. The van der Waals surface area contributed by atoms with Crippen LogP contribution in [0.5, 0.6) is 0 Å². The van der Waals surface area contributed by atoms with Crippen molar-refractivity contribution in [2.75, 3.05) is 32.5 Å². The lowest BCUT2D eigenvalue weighted by Crippen LogP contribution is -2.37. The molecule has 98 valence electrons. The van der Waals surface area contributed by atoms with Crippen LogP contribution in [0.1, 0.15) is 17.3 Å². The number of anilines is 1. The Hall–Kier alpha value is -2.04. The zero-order valence-electron chi connectivity index (χ0n) is 11.0. The summed E-state index contributed by atoms with van der Waals surface area (Å²) in [6.45, 7) is 2.76. The van der Waals surface area contributed by atoms with Gasteiger partial charge < -0.3 is 15.5 Å². The first-order valence-electron chi connectivity index (χ1n) is 5.89. The maximum Gasteiger partial charge on any atom is 0.256 e. The molecular weight excluding hydrogens is 230 g/mol. The monoisotopic (exact) mass is 249 g/mol. The Bertz CT molecular complexity index is 432. The fourth-order valence-electron chi connectivity index (χ4n) is 1.59. The standard InChI is InChI=1S/C13H19N3O2/c1-4-15-11-8-6-5-7-10(11)13(18)16(3)9-12(17)14-2/h5-8,15H,4,9H2,1-3H3,(H,14,17). The molecule has 0 unspecified atom stereocenters. The third-order valence-electron chi connectivity index (χ3n) is 2.53. The second-order valence-electron chi connectivity index (χ2n) is 3.91. The number of benzene rings is 1. The lowest BCUT2D eigenvalue weighted by atomic mass is 10.1. The summed E-state index contributed by atoms with van der Waals surface area (Å²) < 4.78 is 0. The van der Waals surface area contributed by atoms with Gasteiger partial charge in [-0.15, -0.1) is 0 Å². The van der Waals surface area contributed by atoms with Gasteiger partial charge in [0.1, 0.15) is 0 Å². The van der Waals surface area contributed by atoms with Gasteiger partial charge in [0, 0.05) is 26.3 Å². The molecule has 0 spiro atoms. The molecule has 0 saturated heterocycles. The Morgan fingerprint density at radius 3 is 2.56 bits per heavy atom. The number of hydrogen-bond donors (Lipinski definition) is 2. The van der Waals surface area contributed by atoms with Gasteiger partial charge in [-0.05, 0) is 19.1 Å². The number of rotatable bonds is 5. The lowest BCUT2D eigenvalue weighted by Gasteiger charge is -2.18. The van der Waals surface area contributed by atoms with Gasteiger partial charge in [0.25, 0.3) is 5.91 Å². The molecule has 0 aliphatic carbocycles. The number of likely N-dealkylation sites (N-methyl/N-ethyl adjacent to an activating group) is 2. The van der Waals surface area contributed by atoms with Crippen molar-refractivity contribution in [3.05, 3.63) is 29.8 Å². The molecule has 5 nitrogen and oxygen atoms in total. The summed E-state index contributed by atoms with van der Waals surface area (Å²) in [6.07, 6.45) is 0. The zero-order chi connectivity index (χ0) is 13.5. The largest absolute Gasteiger partial charge is 0.385 e. The van der Waals surface area contributed by atoms with E-state index in [1.807, 2.05) is 25.1 Å². The summed E-state index contributed by atoms with van der Waals surface area (Å²) in [4.78, 5) is 24.8. The molecule has 0 aliphatic heterocycles. The van der Waals surface area contributed by atoms with Crippen LogP contribution in [0.2, 0.25) is 0 Å². The lowest BCUT2D eigenvalue weighted by molar-refractivity contribution is -0.121. The third kappa shape index (κ3) is 3.48. The molecule has 0 saturated carbocycles. The quantitative estimate of drug-likeness (QED) is 0.816. The van der Waals surface area contributed by atoms with Crippen molar-refractivity contribution in [1.82, 2.24) is 10.2 Å². The van der Waals surface area contributed by atoms with Crippen molar-refractivity contribution in [2.24, 2.45) is 0 Å². The summed E-state index contributed by atoms with van der Waals surface area (Å²) in [5.41, 5.74) is 1.36. The van der Waals surface area contributed by atoms with E-state index in [1.165, 1.54) is 4.90 Å². The van der Waals surface area contributed by atoms with Crippen LogP contribution in [-0.4, -0.2) is 43.9 Å². The molecule has 0 aliphatic rings. The van der Waals surface area contributed by atoms with Gasteiger partial charge >= 0.3 is 0 Å². The van der Waals surface area contributed by atoms with E-state index in [2.05, 4.69) is 10.6 Å². The summed E-state index contributed by atoms with van der Waals surface area (Å²) in [5.74, 6) is -0.359. The van der Waals surface area contributed by atoms with E-state index in [1.54, 1.807) is 20.2 Å². The van der Waals surface area contributed by atoms with Crippen LogP contribution < -0.4 is 10.6 Å². The third-order valence-corrected chi connectivity index (χ3v) is 2.53. The number of hydrogen-bond acceptors (Lipinski definition) is 3. The Balaban J connectivity index is 2.86. The predicted octanol–water partition coefficient (Wildman–Crippen LogP) is 0.936. The Morgan fingerprint density at radius 2 is 1.94 bits per heavy atom. The van der Waals surface area contributed by atoms with Gasteiger partial charge in [-0.3, -0.25) is 9.59 Å². The van der Waals surface area contributed by atoms with Crippen LogP contribution in [0.15, 0.2) is 24.3 Å². The summed E-state index contributed by atoms with van der Waals surface area (Å²) >= 11 is 0. The predicted molar refractivity (Wildman–Crippen MR) is 71.6 cm³/mol. The first-order valence-corrected chi connectivity index (χ1v) is 5.89. The minimum absolute atomic E-state index is 0.0514. The number of nitrogens with one attached hydrogen (secondary N) is 2. The molecule has 0 bridgehead atoms. The highest BCUT2D eigenvalue weighted by Gasteiger charge is 2.16. The van der Waals surface area contributed by atoms with Gasteiger partial charge in [-0.1, -0.05) is 12.1 Å². The number of nitrogens with zero attached hydrogens (tertiary/aromatic N) is 1. The molecule has 0 radical (unpaired) electrons. The second-order valence-corrected chi connectivity index (χ2v) is 3.91. The minimum atomic E-state index is -0.188. The van der Waals surface area contributed by atoms with E-state index in [-0.39, 0.29) is 18.4 Å². The van der Waals surface area contributed by atoms with Crippen LogP contribution in [0.3, 0.4) is 0 Å². The number of amides is 2. The van der Waals surface area contributed by atoms with E-state index >= 15 is 0 Å². The summed E-state index contributed by atoms with van der Waals surface area (Å²) in [5, 5.41) is 5.62. The van der Waals surface area contributed by atoms with Gasteiger partial charge in [-0.2, -0.15) is 0 Å². The van der Waals surface area contributed by atoms with Crippen molar-refractivity contribution in [3.63, 3.8) is 0 Å². The van der Waals surface area contributed by atoms with Crippen LogP contribution in [0, 0.1) is 0 Å². The smallest absolute Gasteiger partial charge is 0.256 e. The normalized spacial score (nSPS) is 9.72. The molecular formula is C13H19N3O2. The fourth-order valence-corrected chi connectivity index (χ4v) is 1.59. The molecule has 0 heterocycles. The Labute approximate surface area is 107 Å². The molecule has 2 amide bonds. The first-order chi connectivity index (χ1) is 8.60. The van der Waals surface area contributed by atoms with Crippen LogP contribution in [0.4, 0.5) is 5.69 Å². The van der Waals surface area contributed by atoms with E-state index in [4.69, 9.17) is 0 Å². The van der Waals surface area contributed by atoms with Gasteiger partial charge in [-0.25, -0.2) is 0 Å². The van der Waals surface area contributed by atoms with Gasteiger partial charge in [0.05, 0.1) is 12.1 Å². The van der Waals surface area contributed by atoms with Crippen LogP contribution >= 0.6 is 0 Å². The Kier molecular flexibility index (Phi) is 5.17. The summed E-state index contributed by atoms with van der Waals surface area (Å²) in [6, 6.07) is 7.28. The minimum Gasteiger partial charge on any atom is -0.385 e. The number of carbonyl (C=O) groups excluding carboxylic acids is 2. The molecule has 5 heteroatoms. The first kappa shape index (κ1) is 14.0. The van der Waals surface area contributed by atoms with Gasteiger partial charge in [0.15, 0.2) is 0 Å². The molecule has 2 N–H and O–H groups in total. The van der Waals surface area contributed by atoms with E-state index < -0.39 is 0 Å². The maximum atomic E-state index is 12.2. The van der Waals surface area contributed by atoms with Crippen LogP contribution in [-0.2, 0) is 4.79 Å². The highest BCUT2D eigenvalue weighted by Crippen LogP contribution is 2.16. The molecule has 18 heavy (non-hydrogen) atoms.